The minimum atomic E-state index is 0.704. The van der Waals surface area contributed by atoms with Crippen LogP contribution < -0.4 is 10.6 Å². The second-order valence-electron chi connectivity index (χ2n) is 4.02. The maximum atomic E-state index is 5.97. The van der Waals surface area contributed by atoms with Gasteiger partial charge in [0.05, 0.1) is 17.6 Å². The van der Waals surface area contributed by atoms with E-state index in [0.717, 1.165) is 17.9 Å². The summed E-state index contributed by atoms with van der Waals surface area (Å²) in [5.74, 6) is 0. The number of benzene rings is 1. The molecule has 0 saturated heterocycles. The average Bonchev–Trinajstić information content (AvgIpc) is 2.33. The quantitative estimate of drug-likeness (QED) is 0.876. The molecular formula is C14H17N3. The summed E-state index contributed by atoms with van der Waals surface area (Å²) >= 11 is 0. The summed E-state index contributed by atoms with van der Waals surface area (Å²) in [5, 5.41) is 0. The minimum absolute atomic E-state index is 0.704. The largest absolute Gasteiger partial charge is 0.396 e. The van der Waals surface area contributed by atoms with Gasteiger partial charge in [0.2, 0.25) is 0 Å². The van der Waals surface area contributed by atoms with Gasteiger partial charge in [-0.15, -0.1) is 0 Å². The number of aromatic nitrogens is 1. The minimum Gasteiger partial charge on any atom is -0.396 e. The first-order valence-electron chi connectivity index (χ1n) is 5.76. The molecule has 3 nitrogen and oxygen atoms in total. The van der Waals surface area contributed by atoms with Gasteiger partial charge in [-0.25, -0.2) is 0 Å². The van der Waals surface area contributed by atoms with E-state index in [-0.39, 0.29) is 0 Å². The van der Waals surface area contributed by atoms with Crippen LogP contribution in [0.1, 0.15) is 12.5 Å². The predicted octanol–water partition coefficient (Wildman–Crippen LogP) is 3.13. The molecule has 0 radical (unpaired) electrons. The van der Waals surface area contributed by atoms with Gasteiger partial charge in [-0.1, -0.05) is 12.1 Å². The van der Waals surface area contributed by atoms with Crippen molar-refractivity contribution in [2.75, 3.05) is 17.2 Å². The van der Waals surface area contributed by atoms with E-state index in [0.29, 0.717) is 5.69 Å². The van der Waals surface area contributed by atoms with Crippen LogP contribution in [0.3, 0.4) is 0 Å². The van der Waals surface area contributed by atoms with Gasteiger partial charge in [-0.05, 0) is 37.6 Å². The summed E-state index contributed by atoms with van der Waals surface area (Å²) < 4.78 is 0. The molecular weight excluding hydrogens is 210 g/mol. The van der Waals surface area contributed by atoms with Crippen LogP contribution in [-0.2, 0) is 0 Å². The van der Waals surface area contributed by atoms with Crippen LogP contribution in [0.25, 0.3) is 0 Å². The third-order valence-electron chi connectivity index (χ3n) is 2.75. The van der Waals surface area contributed by atoms with Crippen LogP contribution in [0.2, 0.25) is 0 Å². The van der Waals surface area contributed by atoms with Gasteiger partial charge in [-0.2, -0.15) is 0 Å². The summed E-state index contributed by atoms with van der Waals surface area (Å²) in [6.07, 6.45) is 3.46. The Morgan fingerprint density at radius 1 is 1.29 bits per heavy atom. The maximum Gasteiger partial charge on any atom is 0.0741 e. The molecule has 0 bridgehead atoms. The first kappa shape index (κ1) is 11.5. The van der Waals surface area contributed by atoms with E-state index in [1.807, 2.05) is 6.07 Å². The van der Waals surface area contributed by atoms with E-state index < -0.39 is 0 Å². The molecule has 0 unspecified atom stereocenters. The molecule has 88 valence electrons. The van der Waals surface area contributed by atoms with Crippen LogP contribution in [0, 0.1) is 6.92 Å². The smallest absolute Gasteiger partial charge is 0.0741 e. The lowest BCUT2D eigenvalue weighted by Crippen LogP contribution is -2.17. The lowest BCUT2D eigenvalue weighted by Gasteiger charge is -2.24. The molecule has 0 amide bonds. The molecule has 2 rings (SSSR count). The Hall–Kier alpha value is -2.03. The number of hydrogen-bond acceptors (Lipinski definition) is 3. The summed E-state index contributed by atoms with van der Waals surface area (Å²) in [6.45, 7) is 5.08. The number of nitrogen functional groups attached to an aromatic ring is 1. The third kappa shape index (κ3) is 2.38. The summed E-state index contributed by atoms with van der Waals surface area (Å²) in [6, 6.07) is 10.3. The van der Waals surface area contributed by atoms with Crippen molar-refractivity contribution in [2.24, 2.45) is 0 Å². The second-order valence-corrected chi connectivity index (χ2v) is 4.02. The Labute approximate surface area is 102 Å². The van der Waals surface area contributed by atoms with E-state index in [4.69, 9.17) is 5.73 Å². The Morgan fingerprint density at radius 2 is 2.12 bits per heavy atom. The summed E-state index contributed by atoms with van der Waals surface area (Å²) in [5.41, 5.74) is 10.1. The van der Waals surface area contributed by atoms with Crippen LogP contribution in [-0.4, -0.2) is 11.5 Å². The van der Waals surface area contributed by atoms with Gasteiger partial charge in [0.1, 0.15) is 0 Å². The fourth-order valence-corrected chi connectivity index (χ4v) is 1.93. The zero-order valence-corrected chi connectivity index (χ0v) is 10.2. The SMILES string of the molecule is CCN(c1cccc(C)c1)c1ccncc1N. The van der Waals surface area contributed by atoms with Crippen molar-refractivity contribution in [3.8, 4) is 0 Å². The third-order valence-corrected chi connectivity index (χ3v) is 2.75. The van der Waals surface area contributed by atoms with Crippen molar-refractivity contribution < 1.29 is 0 Å². The van der Waals surface area contributed by atoms with Gasteiger partial charge in [0.25, 0.3) is 0 Å². The van der Waals surface area contributed by atoms with Gasteiger partial charge in [0.15, 0.2) is 0 Å². The van der Waals surface area contributed by atoms with Gasteiger partial charge < -0.3 is 10.6 Å². The molecule has 2 N–H and O–H groups in total. The summed E-state index contributed by atoms with van der Waals surface area (Å²) in [4.78, 5) is 6.21. The monoisotopic (exact) mass is 227 g/mol. The zero-order valence-electron chi connectivity index (χ0n) is 10.2. The van der Waals surface area contributed by atoms with E-state index >= 15 is 0 Å². The number of nitrogens with two attached hydrogens (primary N) is 1. The van der Waals surface area contributed by atoms with Gasteiger partial charge in [0, 0.05) is 18.4 Å². The highest BCUT2D eigenvalue weighted by Crippen LogP contribution is 2.29. The zero-order chi connectivity index (χ0) is 12.3. The Kier molecular flexibility index (Phi) is 3.28. The molecule has 1 aromatic carbocycles. The average molecular weight is 227 g/mol. The lowest BCUT2D eigenvalue weighted by atomic mass is 10.2. The molecule has 2 aromatic rings. The normalized spacial score (nSPS) is 10.2. The van der Waals surface area contributed by atoms with Crippen LogP contribution >= 0.6 is 0 Å². The number of aryl methyl sites for hydroxylation is 1. The number of anilines is 3. The fraction of sp³-hybridized carbons (Fsp3) is 0.214. The number of nitrogens with zero attached hydrogens (tertiary/aromatic N) is 2. The van der Waals surface area contributed by atoms with Crippen LogP contribution in [0.15, 0.2) is 42.7 Å². The van der Waals surface area contributed by atoms with Crippen molar-refractivity contribution >= 4 is 17.1 Å². The molecule has 0 aliphatic rings. The van der Waals surface area contributed by atoms with Gasteiger partial charge >= 0.3 is 0 Å². The number of pyridine rings is 1. The van der Waals surface area contributed by atoms with Crippen molar-refractivity contribution in [1.82, 2.24) is 4.98 Å². The first-order chi connectivity index (χ1) is 8.22. The van der Waals surface area contributed by atoms with E-state index in [9.17, 15) is 0 Å². The lowest BCUT2D eigenvalue weighted by molar-refractivity contribution is 1.02. The molecule has 0 aliphatic heterocycles. The molecule has 0 fully saturated rings. The molecule has 0 aliphatic carbocycles. The fourth-order valence-electron chi connectivity index (χ4n) is 1.93. The highest BCUT2D eigenvalue weighted by atomic mass is 15.1. The molecule has 1 heterocycles. The van der Waals surface area contributed by atoms with E-state index in [2.05, 4.69) is 48.0 Å². The Bertz CT molecular complexity index is 508. The highest BCUT2D eigenvalue weighted by Gasteiger charge is 2.09. The number of hydrogen-bond donors (Lipinski definition) is 1. The topological polar surface area (TPSA) is 42.2 Å². The van der Waals surface area contributed by atoms with E-state index in [1.165, 1.54) is 5.56 Å². The van der Waals surface area contributed by atoms with Crippen molar-refractivity contribution in [1.29, 1.82) is 0 Å². The molecule has 0 atom stereocenters. The second kappa shape index (κ2) is 4.87. The molecule has 17 heavy (non-hydrogen) atoms. The van der Waals surface area contributed by atoms with E-state index in [1.54, 1.807) is 12.4 Å². The maximum absolute atomic E-state index is 5.97. The van der Waals surface area contributed by atoms with Crippen molar-refractivity contribution in [3.63, 3.8) is 0 Å². The van der Waals surface area contributed by atoms with Gasteiger partial charge in [-0.3, -0.25) is 4.98 Å². The molecule has 0 spiro atoms. The highest BCUT2D eigenvalue weighted by molar-refractivity contribution is 5.74. The molecule has 3 heteroatoms. The molecule has 1 aromatic heterocycles. The Morgan fingerprint density at radius 3 is 2.76 bits per heavy atom. The standard InChI is InChI=1S/C14H17N3/c1-3-17(12-6-4-5-11(2)9-12)14-7-8-16-10-13(14)15/h4-10H,3,15H2,1-2H3. The predicted molar refractivity (Wildman–Crippen MR) is 72.5 cm³/mol. The van der Waals surface area contributed by atoms with Crippen molar-refractivity contribution in [2.45, 2.75) is 13.8 Å². The summed E-state index contributed by atoms with van der Waals surface area (Å²) in [7, 11) is 0. The molecule has 0 saturated carbocycles. The number of rotatable bonds is 3. The first-order valence-corrected chi connectivity index (χ1v) is 5.76. The van der Waals surface area contributed by atoms with Crippen LogP contribution in [0.5, 0.6) is 0 Å². The van der Waals surface area contributed by atoms with Crippen molar-refractivity contribution in [3.05, 3.63) is 48.3 Å². The Balaban J connectivity index is 2.44. The van der Waals surface area contributed by atoms with Crippen LogP contribution in [0.4, 0.5) is 17.1 Å².